The number of primary amides is 1. The van der Waals surface area contributed by atoms with Gasteiger partial charge in [-0.05, 0) is 25.1 Å². The zero-order chi connectivity index (χ0) is 16.8. The van der Waals surface area contributed by atoms with Crippen LogP contribution >= 0.6 is 0 Å². The molecule has 0 aliphatic carbocycles. The van der Waals surface area contributed by atoms with Crippen molar-refractivity contribution in [1.82, 2.24) is 9.80 Å². The molecule has 2 rings (SSSR count). The number of carbonyl (C=O) groups excluding carboxylic acids is 2. The molecule has 2 amide bonds. The van der Waals surface area contributed by atoms with Crippen molar-refractivity contribution in [3.05, 3.63) is 29.8 Å². The number of piperazine rings is 1. The average molecular weight is 321 g/mol. The Morgan fingerprint density at radius 1 is 1.30 bits per heavy atom. The summed E-state index contributed by atoms with van der Waals surface area (Å²) in [5.74, 6) is -0.176. The zero-order valence-electron chi connectivity index (χ0n) is 13.3. The highest BCUT2D eigenvalue weighted by Gasteiger charge is 2.22. The molecule has 7 heteroatoms. The molecular formula is C16H23N3O4. The highest BCUT2D eigenvalue weighted by molar-refractivity contribution is 5.94. The van der Waals surface area contributed by atoms with E-state index in [4.69, 9.17) is 10.5 Å². The van der Waals surface area contributed by atoms with Gasteiger partial charge in [-0.1, -0.05) is 6.07 Å². The van der Waals surface area contributed by atoms with Crippen LogP contribution in [0.4, 0.5) is 0 Å². The van der Waals surface area contributed by atoms with Crippen LogP contribution in [0.15, 0.2) is 24.3 Å². The molecule has 0 radical (unpaired) electrons. The Hall–Kier alpha value is -2.12. The number of hydrogen-bond donors (Lipinski definition) is 2. The van der Waals surface area contributed by atoms with Crippen LogP contribution in [-0.2, 0) is 4.79 Å². The van der Waals surface area contributed by atoms with Gasteiger partial charge < -0.3 is 20.5 Å². The van der Waals surface area contributed by atoms with Crippen LogP contribution < -0.4 is 10.5 Å². The van der Waals surface area contributed by atoms with Gasteiger partial charge in [0.15, 0.2) is 6.61 Å². The quantitative estimate of drug-likeness (QED) is 0.749. The van der Waals surface area contributed by atoms with E-state index in [-0.39, 0.29) is 18.6 Å². The van der Waals surface area contributed by atoms with Gasteiger partial charge in [0.05, 0.1) is 6.10 Å². The number of β-amino-alcohol motifs (C(OH)–C–C–N with tert-alkyl or cyclic N) is 1. The second-order valence-corrected chi connectivity index (χ2v) is 5.72. The van der Waals surface area contributed by atoms with Gasteiger partial charge >= 0.3 is 0 Å². The third-order valence-electron chi connectivity index (χ3n) is 3.64. The van der Waals surface area contributed by atoms with E-state index in [1.807, 2.05) is 0 Å². The Bertz CT molecular complexity index is 554. The fourth-order valence-electron chi connectivity index (χ4n) is 2.56. The lowest BCUT2D eigenvalue weighted by molar-refractivity contribution is -0.119. The van der Waals surface area contributed by atoms with Crippen molar-refractivity contribution >= 4 is 11.8 Å². The number of aliphatic hydroxyl groups excluding tert-OH is 1. The lowest BCUT2D eigenvalue weighted by Gasteiger charge is -2.35. The van der Waals surface area contributed by atoms with Crippen molar-refractivity contribution in [2.45, 2.75) is 13.0 Å². The van der Waals surface area contributed by atoms with Gasteiger partial charge in [-0.25, -0.2) is 0 Å². The summed E-state index contributed by atoms with van der Waals surface area (Å²) in [5, 5.41) is 9.41. The largest absolute Gasteiger partial charge is 0.484 e. The number of ether oxygens (including phenoxy) is 1. The summed E-state index contributed by atoms with van der Waals surface area (Å²) in [4.78, 5) is 27.2. The summed E-state index contributed by atoms with van der Waals surface area (Å²) < 4.78 is 5.23. The van der Waals surface area contributed by atoms with E-state index < -0.39 is 5.91 Å². The Labute approximate surface area is 135 Å². The fraction of sp³-hybridized carbons (Fsp3) is 0.500. The maximum Gasteiger partial charge on any atom is 0.255 e. The second-order valence-electron chi connectivity index (χ2n) is 5.72. The first-order valence-corrected chi connectivity index (χ1v) is 7.66. The summed E-state index contributed by atoms with van der Waals surface area (Å²) in [6.45, 7) is 4.90. The van der Waals surface area contributed by atoms with Crippen molar-refractivity contribution in [2.75, 3.05) is 39.3 Å². The van der Waals surface area contributed by atoms with Crippen LogP contribution in [-0.4, -0.2) is 72.2 Å². The van der Waals surface area contributed by atoms with Crippen molar-refractivity contribution in [3.8, 4) is 5.75 Å². The number of nitrogens with zero attached hydrogens (tertiary/aromatic N) is 2. The van der Waals surface area contributed by atoms with Gasteiger partial charge in [0.1, 0.15) is 5.75 Å². The fourth-order valence-corrected chi connectivity index (χ4v) is 2.56. The van der Waals surface area contributed by atoms with Crippen molar-refractivity contribution in [1.29, 1.82) is 0 Å². The normalized spacial score (nSPS) is 16.9. The maximum absolute atomic E-state index is 12.5. The highest BCUT2D eigenvalue weighted by Crippen LogP contribution is 2.16. The minimum atomic E-state index is -0.559. The van der Waals surface area contributed by atoms with Crippen LogP contribution in [0.2, 0.25) is 0 Å². The number of amides is 2. The number of aliphatic hydroxyl groups is 1. The van der Waals surface area contributed by atoms with E-state index in [0.717, 1.165) is 13.1 Å². The van der Waals surface area contributed by atoms with Crippen LogP contribution in [0.1, 0.15) is 17.3 Å². The molecule has 126 valence electrons. The summed E-state index contributed by atoms with van der Waals surface area (Å²) in [7, 11) is 0. The van der Waals surface area contributed by atoms with E-state index in [0.29, 0.717) is 30.9 Å². The zero-order valence-corrected chi connectivity index (χ0v) is 13.3. The van der Waals surface area contributed by atoms with E-state index >= 15 is 0 Å². The minimum Gasteiger partial charge on any atom is -0.484 e. The molecule has 23 heavy (non-hydrogen) atoms. The molecule has 1 aromatic rings. The first kappa shape index (κ1) is 17.2. The topological polar surface area (TPSA) is 96.1 Å². The third kappa shape index (κ3) is 5.22. The van der Waals surface area contributed by atoms with Crippen LogP contribution in [0.25, 0.3) is 0 Å². The van der Waals surface area contributed by atoms with Gasteiger partial charge in [-0.3, -0.25) is 14.5 Å². The average Bonchev–Trinajstić information content (AvgIpc) is 2.53. The van der Waals surface area contributed by atoms with E-state index in [9.17, 15) is 14.7 Å². The minimum absolute atomic E-state index is 0.0637. The highest BCUT2D eigenvalue weighted by atomic mass is 16.5. The van der Waals surface area contributed by atoms with Gasteiger partial charge in [0, 0.05) is 38.3 Å². The lowest BCUT2D eigenvalue weighted by atomic mass is 10.1. The number of rotatable bonds is 6. The molecule has 1 heterocycles. The predicted molar refractivity (Wildman–Crippen MR) is 85.2 cm³/mol. The standard InChI is InChI=1S/C16H23N3O4/c1-12(20)10-18-5-7-19(8-6-18)16(22)13-3-2-4-14(9-13)23-11-15(17)21/h2-4,9,12,20H,5-8,10-11H2,1H3,(H2,17,21)/t12-/m1/s1. The molecule has 0 bridgehead atoms. The second kappa shape index (κ2) is 7.94. The molecule has 1 atom stereocenters. The van der Waals surface area contributed by atoms with E-state index in [1.54, 1.807) is 36.1 Å². The van der Waals surface area contributed by atoms with E-state index in [1.165, 1.54) is 0 Å². The first-order chi connectivity index (χ1) is 11.0. The SMILES string of the molecule is C[C@@H](O)CN1CCN(C(=O)c2cccc(OCC(N)=O)c2)CC1. The molecule has 7 nitrogen and oxygen atoms in total. The van der Waals surface area contributed by atoms with Crippen LogP contribution in [0.5, 0.6) is 5.75 Å². The Balaban J connectivity index is 1.93. The van der Waals surface area contributed by atoms with Crippen molar-refractivity contribution < 1.29 is 19.4 Å². The summed E-state index contributed by atoms with van der Waals surface area (Å²) >= 11 is 0. The van der Waals surface area contributed by atoms with Gasteiger partial charge in [-0.2, -0.15) is 0 Å². The molecule has 3 N–H and O–H groups in total. The molecule has 1 aliphatic heterocycles. The summed E-state index contributed by atoms with van der Waals surface area (Å²) in [5.41, 5.74) is 5.56. The predicted octanol–water partition coefficient (Wildman–Crippen LogP) is -0.311. The maximum atomic E-state index is 12.5. The first-order valence-electron chi connectivity index (χ1n) is 7.66. The molecule has 1 saturated heterocycles. The molecule has 1 fully saturated rings. The summed E-state index contributed by atoms with van der Waals surface area (Å²) in [6.07, 6.45) is -0.365. The molecular weight excluding hydrogens is 298 g/mol. The third-order valence-corrected chi connectivity index (χ3v) is 3.64. The monoisotopic (exact) mass is 321 g/mol. The molecule has 1 aromatic carbocycles. The summed E-state index contributed by atoms with van der Waals surface area (Å²) in [6, 6.07) is 6.74. The van der Waals surface area contributed by atoms with Crippen LogP contribution in [0, 0.1) is 0 Å². The van der Waals surface area contributed by atoms with E-state index in [2.05, 4.69) is 4.90 Å². The lowest BCUT2D eigenvalue weighted by Crippen LogP contribution is -2.50. The molecule has 1 aliphatic rings. The van der Waals surface area contributed by atoms with Gasteiger partial charge in [0.25, 0.3) is 11.8 Å². The molecule has 0 unspecified atom stereocenters. The van der Waals surface area contributed by atoms with Crippen molar-refractivity contribution in [2.24, 2.45) is 5.73 Å². The molecule has 0 saturated carbocycles. The molecule has 0 spiro atoms. The van der Waals surface area contributed by atoms with Gasteiger partial charge in [-0.15, -0.1) is 0 Å². The van der Waals surface area contributed by atoms with Crippen LogP contribution in [0.3, 0.4) is 0 Å². The Morgan fingerprint density at radius 2 is 2.00 bits per heavy atom. The number of nitrogens with two attached hydrogens (primary N) is 1. The Kier molecular flexibility index (Phi) is 5.95. The Morgan fingerprint density at radius 3 is 2.61 bits per heavy atom. The number of hydrogen-bond acceptors (Lipinski definition) is 5. The number of benzene rings is 1. The smallest absolute Gasteiger partial charge is 0.255 e. The van der Waals surface area contributed by atoms with Crippen molar-refractivity contribution in [3.63, 3.8) is 0 Å². The number of carbonyl (C=O) groups is 2. The molecule has 0 aromatic heterocycles. The van der Waals surface area contributed by atoms with Gasteiger partial charge in [0.2, 0.25) is 0 Å².